The van der Waals surface area contributed by atoms with E-state index in [1.807, 2.05) is 36.0 Å². The Kier molecular flexibility index (Phi) is 7.32. The molecule has 0 spiro atoms. The smallest absolute Gasteiger partial charge is 0.271 e. The zero-order valence-corrected chi connectivity index (χ0v) is 21.5. The lowest BCUT2D eigenvalue weighted by atomic mass is 10.1. The lowest BCUT2D eigenvalue weighted by Gasteiger charge is -2.18. The van der Waals surface area contributed by atoms with Crippen molar-refractivity contribution in [3.8, 4) is 16.9 Å². The summed E-state index contributed by atoms with van der Waals surface area (Å²) in [5.74, 6) is 1.72. The van der Waals surface area contributed by atoms with Crippen LogP contribution in [-0.2, 0) is 0 Å². The van der Waals surface area contributed by atoms with Gasteiger partial charge in [0.15, 0.2) is 0 Å². The quantitative estimate of drug-likeness (QED) is 0.353. The fourth-order valence-corrected chi connectivity index (χ4v) is 4.84. The molecule has 9 nitrogen and oxygen atoms in total. The SMILES string of the molecule is CCOc1cc(-c2ccc(N3CC[C@@H](CNC(=O)c4ncccc4Cl)C3)nc2)c2c(/C=N/C)cnn2c1. The maximum atomic E-state index is 12.4. The molecular weight excluding hydrogens is 490 g/mol. The number of halogens is 1. The number of carbonyl (C=O) groups is 1. The predicted molar refractivity (Wildman–Crippen MR) is 145 cm³/mol. The Balaban J connectivity index is 1.30. The summed E-state index contributed by atoms with van der Waals surface area (Å²) < 4.78 is 7.59. The van der Waals surface area contributed by atoms with Gasteiger partial charge in [-0.1, -0.05) is 11.6 Å². The largest absolute Gasteiger partial charge is 0.492 e. The average molecular weight is 518 g/mol. The van der Waals surface area contributed by atoms with Crippen molar-refractivity contribution in [2.75, 3.05) is 38.2 Å². The Morgan fingerprint density at radius 1 is 1.30 bits per heavy atom. The first-order valence-corrected chi connectivity index (χ1v) is 12.6. The first-order valence-electron chi connectivity index (χ1n) is 12.2. The third kappa shape index (κ3) is 5.27. The van der Waals surface area contributed by atoms with Crippen molar-refractivity contribution in [3.05, 3.63) is 71.4 Å². The van der Waals surface area contributed by atoms with Crippen molar-refractivity contribution in [2.45, 2.75) is 13.3 Å². The van der Waals surface area contributed by atoms with Crippen LogP contribution in [-0.4, -0.2) is 65.0 Å². The summed E-state index contributed by atoms with van der Waals surface area (Å²) >= 11 is 6.09. The average Bonchev–Trinajstić information content (AvgIpc) is 3.55. The van der Waals surface area contributed by atoms with E-state index in [2.05, 4.69) is 31.4 Å². The Labute approximate surface area is 220 Å². The summed E-state index contributed by atoms with van der Waals surface area (Å²) in [4.78, 5) is 27.7. The first-order chi connectivity index (χ1) is 18.1. The first kappa shape index (κ1) is 24.7. The molecule has 37 heavy (non-hydrogen) atoms. The number of ether oxygens (including phenoxy) is 1. The normalized spacial score (nSPS) is 15.5. The number of pyridine rings is 3. The van der Waals surface area contributed by atoms with Gasteiger partial charge in [-0.05, 0) is 49.6 Å². The molecule has 4 aromatic heterocycles. The summed E-state index contributed by atoms with van der Waals surface area (Å²) in [6.07, 6.45) is 9.90. The van der Waals surface area contributed by atoms with Crippen molar-refractivity contribution in [1.82, 2.24) is 24.9 Å². The molecule has 1 aliphatic heterocycles. The zero-order chi connectivity index (χ0) is 25.8. The predicted octanol–water partition coefficient (Wildman–Crippen LogP) is 4.15. The summed E-state index contributed by atoms with van der Waals surface area (Å²) in [5, 5.41) is 7.80. The van der Waals surface area contributed by atoms with Gasteiger partial charge in [0.05, 0.1) is 29.5 Å². The molecule has 0 saturated carbocycles. The van der Waals surface area contributed by atoms with Crippen LogP contribution in [0.5, 0.6) is 5.75 Å². The third-order valence-corrected chi connectivity index (χ3v) is 6.69. The molecule has 1 atom stereocenters. The van der Waals surface area contributed by atoms with Crippen LogP contribution in [0.15, 0.2) is 60.1 Å². The molecule has 0 bridgehead atoms. The summed E-state index contributed by atoms with van der Waals surface area (Å²) in [5.41, 5.74) is 4.09. The number of anilines is 1. The van der Waals surface area contributed by atoms with E-state index in [0.29, 0.717) is 24.1 Å². The number of fused-ring (bicyclic) bond motifs is 1. The minimum absolute atomic E-state index is 0.250. The van der Waals surface area contributed by atoms with E-state index in [-0.39, 0.29) is 11.6 Å². The Morgan fingerprint density at radius 3 is 2.95 bits per heavy atom. The van der Waals surface area contributed by atoms with E-state index in [0.717, 1.165) is 53.3 Å². The molecule has 5 heterocycles. The highest BCUT2D eigenvalue weighted by atomic mass is 35.5. The van der Waals surface area contributed by atoms with Gasteiger partial charge in [-0.3, -0.25) is 9.79 Å². The second-order valence-corrected chi connectivity index (χ2v) is 9.26. The van der Waals surface area contributed by atoms with Crippen LogP contribution in [0.25, 0.3) is 16.6 Å². The molecule has 1 amide bonds. The van der Waals surface area contributed by atoms with Crippen LogP contribution in [0.1, 0.15) is 29.4 Å². The summed E-state index contributed by atoms with van der Waals surface area (Å²) in [6, 6.07) is 9.51. The maximum Gasteiger partial charge on any atom is 0.271 e. The molecule has 1 N–H and O–H groups in total. The topological polar surface area (TPSA) is 97.0 Å². The van der Waals surface area contributed by atoms with Crippen LogP contribution in [0, 0.1) is 5.92 Å². The van der Waals surface area contributed by atoms with Crippen LogP contribution in [0.2, 0.25) is 5.02 Å². The fourth-order valence-electron chi connectivity index (χ4n) is 4.63. The molecular formula is C27H28ClN7O2. The van der Waals surface area contributed by atoms with Crippen LogP contribution < -0.4 is 15.0 Å². The number of hydrogen-bond acceptors (Lipinski definition) is 7. The molecule has 5 rings (SSSR count). The van der Waals surface area contributed by atoms with Gasteiger partial charge in [0, 0.05) is 62.0 Å². The molecule has 10 heteroatoms. The van der Waals surface area contributed by atoms with Gasteiger partial charge in [-0.15, -0.1) is 0 Å². The zero-order valence-electron chi connectivity index (χ0n) is 20.8. The van der Waals surface area contributed by atoms with Crippen molar-refractivity contribution < 1.29 is 9.53 Å². The molecule has 0 radical (unpaired) electrons. The van der Waals surface area contributed by atoms with Crippen molar-refractivity contribution >= 4 is 35.1 Å². The van der Waals surface area contributed by atoms with Gasteiger partial charge in [0.1, 0.15) is 17.3 Å². The van der Waals surface area contributed by atoms with Crippen molar-refractivity contribution in [3.63, 3.8) is 0 Å². The molecule has 1 fully saturated rings. The van der Waals surface area contributed by atoms with Crippen molar-refractivity contribution in [2.24, 2.45) is 10.9 Å². The van der Waals surface area contributed by atoms with Gasteiger partial charge in [-0.25, -0.2) is 14.5 Å². The number of amides is 1. The number of carbonyl (C=O) groups excluding carboxylic acids is 1. The second kappa shape index (κ2) is 11.0. The Bertz CT molecular complexity index is 1430. The monoisotopic (exact) mass is 517 g/mol. The minimum Gasteiger partial charge on any atom is -0.492 e. The molecule has 0 aliphatic carbocycles. The molecule has 0 aromatic carbocycles. The Hall–Kier alpha value is -3.98. The standard InChI is InChI=1S/C27H28ClN7O2/c1-3-37-21-11-22(26-20(13-29-2)15-33-35(26)17-21)19-6-7-24(31-14-19)34-10-8-18(16-34)12-32-27(36)25-23(28)5-4-9-30-25/h4-7,9,11,13-15,17-18H,3,8,10,12,16H2,1-2H3,(H,32,36)/b29-13+/t18-/m0/s1. The summed E-state index contributed by atoms with van der Waals surface area (Å²) in [6.45, 7) is 4.78. The van der Waals surface area contributed by atoms with Gasteiger partial charge in [-0.2, -0.15) is 5.10 Å². The van der Waals surface area contributed by atoms with Gasteiger partial charge < -0.3 is 15.0 Å². The number of nitrogens with one attached hydrogen (secondary N) is 1. The van der Waals surface area contributed by atoms with Crippen LogP contribution in [0.3, 0.4) is 0 Å². The molecule has 0 unspecified atom stereocenters. The highest BCUT2D eigenvalue weighted by molar-refractivity contribution is 6.33. The van der Waals surface area contributed by atoms with E-state index >= 15 is 0 Å². The molecule has 4 aromatic rings. The van der Waals surface area contributed by atoms with E-state index in [4.69, 9.17) is 21.3 Å². The minimum atomic E-state index is -0.250. The Morgan fingerprint density at radius 2 is 2.19 bits per heavy atom. The van der Waals surface area contributed by atoms with Gasteiger partial charge in [0.25, 0.3) is 5.91 Å². The molecule has 190 valence electrons. The lowest BCUT2D eigenvalue weighted by molar-refractivity contribution is 0.0943. The van der Waals surface area contributed by atoms with Crippen LogP contribution >= 0.6 is 11.6 Å². The number of aromatic nitrogens is 4. The number of nitrogens with zero attached hydrogens (tertiary/aromatic N) is 6. The summed E-state index contributed by atoms with van der Waals surface area (Å²) in [7, 11) is 1.75. The van der Waals surface area contributed by atoms with Gasteiger partial charge >= 0.3 is 0 Å². The van der Waals surface area contributed by atoms with Gasteiger partial charge in [0.2, 0.25) is 0 Å². The third-order valence-electron chi connectivity index (χ3n) is 6.39. The van der Waals surface area contributed by atoms with Crippen LogP contribution in [0.4, 0.5) is 5.82 Å². The lowest BCUT2D eigenvalue weighted by Crippen LogP contribution is -2.31. The van der Waals surface area contributed by atoms with E-state index < -0.39 is 0 Å². The number of rotatable bonds is 8. The van der Waals surface area contributed by atoms with E-state index in [9.17, 15) is 4.79 Å². The molecule has 1 saturated heterocycles. The second-order valence-electron chi connectivity index (χ2n) is 8.85. The van der Waals surface area contributed by atoms with E-state index in [1.165, 1.54) is 0 Å². The van der Waals surface area contributed by atoms with E-state index in [1.54, 1.807) is 37.8 Å². The van der Waals surface area contributed by atoms with Crippen molar-refractivity contribution in [1.29, 1.82) is 0 Å². The highest BCUT2D eigenvalue weighted by Crippen LogP contribution is 2.32. The molecule has 1 aliphatic rings. The fraction of sp³-hybridized carbons (Fsp3) is 0.296. The highest BCUT2D eigenvalue weighted by Gasteiger charge is 2.25. The number of aliphatic imine (C=N–C) groups is 1. The maximum absolute atomic E-state index is 12.4. The number of hydrogen-bond donors (Lipinski definition) is 1.